The molecule has 0 atom stereocenters. The summed E-state index contributed by atoms with van der Waals surface area (Å²) in [6, 6.07) is 12.5. The van der Waals surface area contributed by atoms with Crippen LogP contribution in [0.25, 0.3) is 5.65 Å². The Morgan fingerprint density at radius 1 is 1.21 bits per heavy atom. The summed E-state index contributed by atoms with van der Waals surface area (Å²) in [6.45, 7) is 2.82. The van der Waals surface area contributed by atoms with Gasteiger partial charge in [-0.25, -0.2) is 4.98 Å². The lowest BCUT2D eigenvalue weighted by Crippen LogP contribution is -1.99. The highest BCUT2D eigenvalue weighted by molar-refractivity contribution is 14.1. The Bertz CT molecular complexity index is 701. The molecule has 96 valence electrons. The zero-order valence-electron chi connectivity index (χ0n) is 10.6. The fraction of sp³-hybridized carbons (Fsp3) is 0.133. The van der Waals surface area contributed by atoms with E-state index in [9.17, 15) is 0 Å². The van der Waals surface area contributed by atoms with E-state index < -0.39 is 0 Å². The second kappa shape index (κ2) is 5.21. The van der Waals surface area contributed by atoms with Crippen molar-refractivity contribution in [3.8, 4) is 0 Å². The van der Waals surface area contributed by atoms with Crippen LogP contribution in [0.3, 0.4) is 0 Å². The molecule has 0 bridgehead atoms. The Balaban J connectivity index is 1.78. The molecule has 0 amide bonds. The lowest BCUT2D eigenvalue weighted by atomic mass is 10.3. The molecule has 2 heterocycles. The highest BCUT2D eigenvalue weighted by Crippen LogP contribution is 2.14. The number of rotatable bonds is 3. The number of fused-ring (bicyclic) bond motifs is 1. The van der Waals surface area contributed by atoms with Gasteiger partial charge in [0.2, 0.25) is 0 Å². The number of anilines is 1. The lowest BCUT2D eigenvalue weighted by Gasteiger charge is -2.03. The van der Waals surface area contributed by atoms with Gasteiger partial charge in [0, 0.05) is 21.7 Å². The first-order valence-electron chi connectivity index (χ1n) is 6.15. The van der Waals surface area contributed by atoms with Gasteiger partial charge in [0.1, 0.15) is 5.65 Å². The standard InChI is InChI=1S/C15H14IN3/c1-11-3-2-8-19-10-14(18-15(11)19)9-17-13-6-4-12(16)5-7-13/h2-8,10,17H,9H2,1H3. The summed E-state index contributed by atoms with van der Waals surface area (Å²) >= 11 is 2.31. The third-order valence-electron chi connectivity index (χ3n) is 3.05. The van der Waals surface area contributed by atoms with Crippen molar-refractivity contribution in [2.75, 3.05) is 5.32 Å². The summed E-state index contributed by atoms with van der Waals surface area (Å²) in [5, 5.41) is 3.39. The van der Waals surface area contributed by atoms with Crippen molar-refractivity contribution in [3.05, 3.63) is 63.6 Å². The minimum atomic E-state index is 0.738. The molecule has 0 aliphatic rings. The molecule has 0 fully saturated rings. The molecule has 3 nitrogen and oxygen atoms in total. The smallest absolute Gasteiger partial charge is 0.140 e. The maximum absolute atomic E-state index is 4.64. The zero-order valence-corrected chi connectivity index (χ0v) is 12.8. The van der Waals surface area contributed by atoms with E-state index in [1.54, 1.807) is 0 Å². The molecule has 0 unspecified atom stereocenters. The van der Waals surface area contributed by atoms with Gasteiger partial charge in [0.15, 0.2) is 0 Å². The molecule has 4 heteroatoms. The maximum atomic E-state index is 4.64. The highest BCUT2D eigenvalue weighted by Gasteiger charge is 2.03. The number of halogens is 1. The van der Waals surface area contributed by atoms with E-state index in [0.717, 1.165) is 23.6 Å². The summed E-state index contributed by atoms with van der Waals surface area (Å²) in [6.07, 6.45) is 4.10. The van der Waals surface area contributed by atoms with E-state index in [0.29, 0.717) is 0 Å². The fourth-order valence-electron chi connectivity index (χ4n) is 2.05. The van der Waals surface area contributed by atoms with Crippen molar-refractivity contribution in [2.24, 2.45) is 0 Å². The molecule has 0 aliphatic heterocycles. The number of aryl methyl sites for hydroxylation is 1. The van der Waals surface area contributed by atoms with Crippen LogP contribution in [-0.2, 0) is 6.54 Å². The van der Waals surface area contributed by atoms with Crippen molar-refractivity contribution < 1.29 is 0 Å². The van der Waals surface area contributed by atoms with Gasteiger partial charge in [-0.2, -0.15) is 0 Å². The number of nitrogens with zero attached hydrogens (tertiary/aromatic N) is 2. The van der Waals surface area contributed by atoms with E-state index in [4.69, 9.17) is 0 Å². The van der Waals surface area contributed by atoms with Crippen molar-refractivity contribution in [1.82, 2.24) is 9.38 Å². The molecule has 0 spiro atoms. The van der Waals surface area contributed by atoms with Crippen molar-refractivity contribution >= 4 is 33.9 Å². The maximum Gasteiger partial charge on any atom is 0.140 e. The van der Waals surface area contributed by atoms with Gasteiger partial charge in [-0.1, -0.05) is 6.07 Å². The SMILES string of the molecule is Cc1cccn2cc(CNc3ccc(I)cc3)nc12. The first-order valence-corrected chi connectivity index (χ1v) is 7.23. The summed E-state index contributed by atoms with van der Waals surface area (Å²) in [5.74, 6) is 0. The molecular weight excluding hydrogens is 349 g/mol. The molecule has 2 aromatic heterocycles. The molecule has 1 aromatic carbocycles. The predicted octanol–water partition coefficient (Wildman–Crippen LogP) is 3.86. The quantitative estimate of drug-likeness (QED) is 0.716. The van der Waals surface area contributed by atoms with E-state index >= 15 is 0 Å². The van der Waals surface area contributed by atoms with E-state index in [-0.39, 0.29) is 0 Å². The van der Waals surface area contributed by atoms with Crippen LogP contribution in [0, 0.1) is 10.5 Å². The van der Waals surface area contributed by atoms with Crippen LogP contribution < -0.4 is 5.32 Å². The molecule has 19 heavy (non-hydrogen) atoms. The normalized spacial score (nSPS) is 10.8. The Kier molecular flexibility index (Phi) is 3.42. The number of hydrogen-bond acceptors (Lipinski definition) is 2. The second-order valence-electron chi connectivity index (χ2n) is 4.51. The molecule has 0 aliphatic carbocycles. The summed E-state index contributed by atoms with van der Waals surface area (Å²) < 4.78 is 3.31. The van der Waals surface area contributed by atoms with Gasteiger partial charge >= 0.3 is 0 Å². The van der Waals surface area contributed by atoms with Gasteiger partial charge < -0.3 is 9.72 Å². The van der Waals surface area contributed by atoms with Crippen LogP contribution in [0.2, 0.25) is 0 Å². The van der Waals surface area contributed by atoms with Gasteiger partial charge in [-0.15, -0.1) is 0 Å². The molecule has 0 radical (unpaired) electrons. The number of benzene rings is 1. The van der Waals surface area contributed by atoms with Crippen molar-refractivity contribution in [1.29, 1.82) is 0 Å². The fourth-order valence-corrected chi connectivity index (χ4v) is 2.41. The number of hydrogen-bond donors (Lipinski definition) is 1. The Hall–Kier alpha value is -1.56. The second-order valence-corrected chi connectivity index (χ2v) is 5.76. The Labute approximate surface area is 125 Å². The summed E-state index contributed by atoms with van der Waals surface area (Å²) in [7, 11) is 0. The van der Waals surface area contributed by atoms with Crippen LogP contribution in [0.5, 0.6) is 0 Å². The largest absolute Gasteiger partial charge is 0.379 e. The van der Waals surface area contributed by atoms with Crippen LogP contribution in [0.15, 0.2) is 48.8 Å². The van der Waals surface area contributed by atoms with Gasteiger partial charge in [0.05, 0.1) is 12.2 Å². The third-order valence-corrected chi connectivity index (χ3v) is 3.76. The van der Waals surface area contributed by atoms with Gasteiger partial charge in [-0.3, -0.25) is 0 Å². The first kappa shape index (κ1) is 12.5. The third kappa shape index (κ3) is 2.73. The lowest BCUT2D eigenvalue weighted by molar-refractivity contribution is 1.08. The van der Waals surface area contributed by atoms with Crippen LogP contribution in [0.1, 0.15) is 11.3 Å². The number of pyridine rings is 1. The summed E-state index contributed by atoms with van der Waals surface area (Å²) in [5.41, 5.74) is 4.40. The van der Waals surface area contributed by atoms with E-state index in [1.165, 1.54) is 9.13 Å². The Morgan fingerprint density at radius 3 is 2.74 bits per heavy atom. The van der Waals surface area contributed by atoms with Crippen molar-refractivity contribution in [3.63, 3.8) is 0 Å². The monoisotopic (exact) mass is 363 g/mol. The highest BCUT2D eigenvalue weighted by atomic mass is 127. The van der Waals surface area contributed by atoms with Gasteiger partial charge in [-0.05, 0) is 65.4 Å². The average molecular weight is 363 g/mol. The molecule has 0 saturated heterocycles. The minimum Gasteiger partial charge on any atom is -0.379 e. The average Bonchev–Trinajstić information content (AvgIpc) is 2.83. The number of nitrogens with one attached hydrogen (secondary N) is 1. The van der Waals surface area contributed by atoms with E-state index in [1.807, 2.05) is 12.3 Å². The zero-order chi connectivity index (χ0) is 13.2. The first-order chi connectivity index (χ1) is 9.22. The Morgan fingerprint density at radius 2 is 2.00 bits per heavy atom. The van der Waals surface area contributed by atoms with Crippen LogP contribution in [-0.4, -0.2) is 9.38 Å². The number of imidazole rings is 1. The molecule has 1 N–H and O–H groups in total. The minimum absolute atomic E-state index is 0.738. The summed E-state index contributed by atoms with van der Waals surface area (Å²) in [4.78, 5) is 4.64. The molecule has 0 saturated carbocycles. The topological polar surface area (TPSA) is 29.3 Å². The predicted molar refractivity (Wildman–Crippen MR) is 86.4 cm³/mol. The van der Waals surface area contributed by atoms with Crippen LogP contribution >= 0.6 is 22.6 Å². The van der Waals surface area contributed by atoms with Crippen molar-refractivity contribution in [2.45, 2.75) is 13.5 Å². The van der Waals surface area contributed by atoms with Gasteiger partial charge in [0.25, 0.3) is 0 Å². The molecular formula is C15H14IN3. The molecule has 3 rings (SSSR count). The van der Waals surface area contributed by atoms with Crippen LogP contribution in [0.4, 0.5) is 5.69 Å². The molecule has 3 aromatic rings. The van der Waals surface area contributed by atoms with E-state index in [2.05, 4.69) is 80.7 Å². The number of aromatic nitrogens is 2.